The molecule has 0 saturated heterocycles. The lowest BCUT2D eigenvalue weighted by atomic mass is 10.2. The van der Waals surface area contributed by atoms with E-state index in [0.29, 0.717) is 0 Å². The summed E-state index contributed by atoms with van der Waals surface area (Å²) in [6.07, 6.45) is 0. The molecule has 21 heavy (non-hydrogen) atoms. The number of nitrogens with zero attached hydrogens (tertiary/aromatic N) is 1. The Bertz CT molecular complexity index is 847. The topological polar surface area (TPSA) is 96.0 Å². The summed E-state index contributed by atoms with van der Waals surface area (Å²) < 4.78 is 39.9. The fourth-order valence-corrected chi connectivity index (χ4v) is 3.07. The summed E-state index contributed by atoms with van der Waals surface area (Å²) in [7, 11) is -4.00. The molecular weight excluding hydrogens is 317 g/mol. The van der Waals surface area contributed by atoms with Crippen molar-refractivity contribution in [1.82, 2.24) is 0 Å². The molecule has 0 atom stereocenters. The van der Waals surface area contributed by atoms with Gasteiger partial charge in [0.15, 0.2) is 0 Å². The van der Waals surface area contributed by atoms with Crippen molar-refractivity contribution in [3.05, 3.63) is 52.8 Å². The SMILES string of the molecule is N#Cc1cc(NS(=O)(=O)c2cc(Cl)ccc2N)ccc1F. The van der Waals surface area contributed by atoms with E-state index in [1.807, 2.05) is 0 Å². The molecule has 0 aliphatic rings. The Hall–Kier alpha value is -2.30. The van der Waals surface area contributed by atoms with Gasteiger partial charge < -0.3 is 5.73 Å². The highest BCUT2D eigenvalue weighted by atomic mass is 35.5. The van der Waals surface area contributed by atoms with Crippen LogP contribution in [-0.2, 0) is 10.0 Å². The number of nitriles is 1. The van der Waals surface area contributed by atoms with E-state index < -0.39 is 15.8 Å². The van der Waals surface area contributed by atoms with Crippen LogP contribution in [0.3, 0.4) is 0 Å². The molecule has 0 radical (unpaired) electrons. The molecule has 0 bridgehead atoms. The van der Waals surface area contributed by atoms with Gasteiger partial charge in [0.2, 0.25) is 0 Å². The van der Waals surface area contributed by atoms with Gasteiger partial charge in [-0.1, -0.05) is 11.6 Å². The lowest BCUT2D eigenvalue weighted by Crippen LogP contribution is -2.15. The highest BCUT2D eigenvalue weighted by Gasteiger charge is 2.18. The van der Waals surface area contributed by atoms with Gasteiger partial charge in [-0.3, -0.25) is 4.72 Å². The Morgan fingerprint density at radius 2 is 1.95 bits per heavy atom. The summed E-state index contributed by atoms with van der Waals surface area (Å²) in [5.41, 5.74) is 5.42. The van der Waals surface area contributed by atoms with Crippen LogP contribution in [0.5, 0.6) is 0 Å². The Balaban J connectivity index is 2.43. The van der Waals surface area contributed by atoms with E-state index in [1.165, 1.54) is 24.3 Å². The number of anilines is 2. The summed E-state index contributed by atoms with van der Waals surface area (Å²) in [6.45, 7) is 0. The molecular formula is C13H9ClFN3O2S. The molecule has 2 aromatic carbocycles. The smallest absolute Gasteiger partial charge is 0.263 e. The quantitative estimate of drug-likeness (QED) is 0.848. The van der Waals surface area contributed by atoms with Crippen LogP contribution < -0.4 is 10.5 Å². The van der Waals surface area contributed by atoms with Crippen molar-refractivity contribution in [2.24, 2.45) is 0 Å². The first-order valence-electron chi connectivity index (χ1n) is 5.61. The van der Waals surface area contributed by atoms with Crippen LogP contribution in [0.1, 0.15) is 5.56 Å². The Morgan fingerprint density at radius 3 is 2.62 bits per heavy atom. The molecule has 0 aliphatic carbocycles. The van der Waals surface area contributed by atoms with Gasteiger partial charge in [0, 0.05) is 5.02 Å². The molecule has 2 rings (SSSR count). The van der Waals surface area contributed by atoms with Crippen molar-refractivity contribution in [3.8, 4) is 6.07 Å². The molecule has 0 spiro atoms. The minimum absolute atomic E-state index is 0.0227. The van der Waals surface area contributed by atoms with Gasteiger partial charge in [0.25, 0.3) is 10.0 Å². The number of hydrogen-bond acceptors (Lipinski definition) is 4. The number of rotatable bonds is 3. The van der Waals surface area contributed by atoms with Gasteiger partial charge in [0.05, 0.1) is 16.9 Å². The third kappa shape index (κ3) is 3.24. The second-order valence-electron chi connectivity index (χ2n) is 4.09. The lowest BCUT2D eigenvalue weighted by molar-refractivity contribution is 0.601. The van der Waals surface area contributed by atoms with Crippen molar-refractivity contribution in [3.63, 3.8) is 0 Å². The third-order valence-electron chi connectivity index (χ3n) is 2.60. The predicted molar refractivity (Wildman–Crippen MR) is 77.8 cm³/mol. The van der Waals surface area contributed by atoms with Crippen LogP contribution in [-0.4, -0.2) is 8.42 Å². The summed E-state index contributed by atoms with van der Waals surface area (Å²) >= 11 is 5.75. The molecule has 0 heterocycles. The molecule has 3 N–H and O–H groups in total. The zero-order valence-corrected chi connectivity index (χ0v) is 12.0. The number of nitrogens with one attached hydrogen (secondary N) is 1. The minimum atomic E-state index is -4.00. The maximum absolute atomic E-state index is 13.2. The van der Waals surface area contributed by atoms with Gasteiger partial charge >= 0.3 is 0 Å². The fourth-order valence-electron chi connectivity index (χ4n) is 1.63. The number of sulfonamides is 1. The van der Waals surface area contributed by atoms with E-state index in [4.69, 9.17) is 22.6 Å². The van der Waals surface area contributed by atoms with Crippen molar-refractivity contribution in [2.45, 2.75) is 4.90 Å². The molecule has 0 amide bonds. The number of nitrogens with two attached hydrogens (primary N) is 1. The number of nitrogen functional groups attached to an aromatic ring is 1. The molecule has 0 aromatic heterocycles. The van der Waals surface area contributed by atoms with E-state index in [2.05, 4.69) is 4.72 Å². The second kappa shape index (κ2) is 5.60. The number of hydrogen-bond donors (Lipinski definition) is 2. The van der Waals surface area contributed by atoms with Crippen molar-refractivity contribution >= 4 is 33.0 Å². The maximum Gasteiger partial charge on any atom is 0.263 e. The second-order valence-corrected chi connectivity index (χ2v) is 6.18. The molecule has 0 aliphatic heterocycles. The molecule has 5 nitrogen and oxygen atoms in total. The Kier molecular flexibility index (Phi) is 4.02. The van der Waals surface area contributed by atoms with E-state index in [1.54, 1.807) is 6.07 Å². The maximum atomic E-state index is 13.2. The molecule has 2 aromatic rings. The lowest BCUT2D eigenvalue weighted by Gasteiger charge is -2.10. The summed E-state index contributed by atoms with van der Waals surface area (Å²) in [5, 5.41) is 8.94. The van der Waals surface area contributed by atoms with E-state index in [0.717, 1.165) is 12.1 Å². The van der Waals surface area contributed by atoms with E-state index in [9.17, 15) is 12.8 Å². The molecule has 0 saturated carbocycles. The van der Waals surface area contributed by atoms with E-state index >= 15 is 0 Å². The Labute approximate surface area is 125 Å². The average molecular weight is 326 g/mol. The van der Waals surface area contributed by atoms with Crippen molar-refractivity contribution < 1.29 is 12.8 Å². The zero-order valence-electron chi connectivity index (χ0n) is 10.5. The first-order chi connectivity index (χ1) is 9.83. The third-order valence-corrected chi connectivity index (χ3v) is 4.28. The predicted octanol–water partition coefficient (Wildman–Crippen LogP) is 2.73. The highest BCUT2D eigenvalue weighted by molar-refractivity contribution is 7.92. The normalized spacial score (nSPS) is 10.9. The van der Waals surface area contributed by atoms with Gasteiger partial charge in [-0.05, 0) is 36.4 Å². The largest absolute Gasteiger partial charge is 0.398 e. The molecule has 108 valence electrons. The van der Waals surface area contributed by atoms with Gasteiger partial charge in [-0.2, -0.15) is 5.26 Å². The Morgan fingerprint density at radius 1 is 1.24 bits per heavy atom. The monoisotopic (exact) mass is 325 g/mol. The minimum Gasteiger partial charge on any atom is -0.398 e. The fraction of sp³-hybridized carbons (Fsp3) is 0. The summed E-state index contributed by atoms with van der Waals surface area (Å²) in [4.78, 5) is -0.196. The number of halogens is 2. The highest BCUT2D eigenvalue weighted by Crippen LogP contribution is 2.25. The van der Waals surface area contributed by atoms with E-state index in [-0.39, 0.29) is 26.9 Å². The van der Waals surface area contributed by atoms with Crippen LogP contribution >= 0.6 is 11.6 Å². The number of benzene rings is 2. The van der Waals surface area contributed by atoms with Crippen molar-refractivity contribution in [2.75, 3.05) is 10.5 Å². The van der Waals surface area contributed by atoms with Crippen LogP contribution in [0.25, 0.3) is 0 Å². The van der Waals surface area contributed by atoms with Gasteiger partial charge in [-0.25, -0.2) is 12.8 Å². The van der Waals surface area contributed by atoms with Crippen LogP contribution in [0.2, 0.25) is 5.02 Å². The summed E-state index contributed by atoms with van der Waals surface area (Å²) in [5.74, 6) is -0.734. The van der Waals surface area contributed by atoms with Gasteiger partial charge in [-0.15, -0.1) is 0 Å². The van der Waals surface area contributed by atoms with Crippen LogP contribution in [0.4, 0.5) is 15.8 Å². The van der Waals surface area contributed by atoms with Crippen LogP contribution in [0, 0.1) is 17.1 Å². The zero-order chi connectivity index (χ0) is 15.6. The van der Waals surface area contributed by atoms with Crippen molar-refractivity contribution in [1.29, 1.82) is 5.26 Å². The standard InChI is InChI=1S/C13H9ClFN3O2S/c14-9-1-4-12(17)13(6-9)21(19,20)18-10-2-3-11(15)8(5-10)7-16/h1-6,18H,17H2. The van der Waals surface area contributed by atoms with Crippen LogP contribution in [0.15, 0.2) is 41.3 Å². The molecule has 0 fully saturated rings. The molecule has 8 heteroatoms. The summed E-state index contributed by atoms with van der Waals surface area (Å²) in [6, 6.07) is 8.94. The first kappa shape index (κ1) is 15.1. The first-order valence-corrected chi connectivity index (χ1v) is 7.47. The van der Waals surface area contributed by atoms with Gasteiger partial charge in [0.1, 0.15) is 16.8 Å². The molecule has 0 unspecified atom stereocenters. The average Bonchev–Trinajstić information content (AvgIpc) is 2.43.